The van der Waals surface area contributed by atoms with Gasteiger partial charge in [0.15, 0.2) is 0 Å². The van der Waals surface area contributed by atoms with Crippen molar-refractivity contribution in [3.63, 3.8) is 0 Å². The molecule has 0 radical (unpaired) electrons. The summed E-state index contributed by atoms with van der Waals surface area (Å²) in [6, 6.07) is 5.88. The molecule has 1 unspecified atom stereocenters. The summed E-state index contributed by atoms with van der Waals surface area (Å²) in [5, 5.41) is 12.6. The Morgan fingerprint density at radius 3 is 2.65 bits per heavy atom. The van der Waals surface area contributed by atoms with Crippen LogP contribution in [0.25, 0.3) is 16.5 Å². The summed E-state index contributed by atoms with van der Waals surface area (Å²) in [7, 11) is 3.04. The molecule has 2 atom stereocenters. The number of pyridine rings is 1. The van der Waals surface area contributed by atoms with Crippen molar-refractivity contribution in [2.45, 2.75) is 31.5 Å². The number of aliphatic hydroxyl groups is 1. The van der Waals surface area contributed by atoms with Crippen LogP contribution in [0, 0.1) is 5.92 Å². The first-order chi connectivity index (χ1) is 14.6. The molecule has 0 spiro atoms. The van der Waals surface area contributed by atoms with Crippen LogP contribution in [0.4, 0.5) is 13.2 Å². The average molecular weight is 435 g/mol. The molecule has 0 aliphatic heterocycles. The lowest BCUT2D eigenvalue weighted by molar-refractivity contribution is -0.175. The van der Waals surface area contributed by atoms with Crippen LogP contribution in [0.15, 0.2) is 36.5 Å². The second-order valence-corrected chi connectivity index (χ2v) is 7.78. The first kappa shape index (κ1) is 22.7. The molecule has 1 aromatic heterocycles. The van der Waals surface area contributed by atoms with E-state index in [-0.39, 0.29) is 18.4 Å². The number of para-hydroxylation sites is 1. The maximum Gasteiger partial charge on any atom is 0.392 e. The Bertz CT molecular complexity index is 1020. The number of fused-ring (bicyclic) bond motifs is 1. The van der Waals surface area contributed by atoms with Crippen LogP contribution < -0.4 is 5.32 Å². The second kappa shape index (κ2) is 9.05. The van der Waals surface area contributed by atoms with Crippen molar-refractivity contribution in [2.24, 2.45) is 5.92 Å². The smallest absolute Gasteiger partial charge is 0.392 e. The molecule has 9 heteroatoms. The van der Waals surface area contributed by atoms with Crippen molar-refractivity contribution in [2.75, 3.05) is 20.7 Å². The number of aliphatic hydroxyl groups excluding tert-OH is 1. The molecule has 1 aliphatic carbocycles. The van der Waals surface area contributed by atoms with Crippen molar-refractivity contribution in [1.82, 2.24) is 15.2 Å². The average Bonchev–Trinajstić information content (AvgIpc) is 2.75. The first-order valence-electron chi connectivity index (χ1n) is 9.89. The Kier molecular flexibility index (Phi) is 6.64. The van der Waals surface area contributed by atoms with Gasteiger partial charge in [0.05, 0.1) is 23.6 Å². The Labute approximate surface area is 177 Å². The monoisotopic (exact) mass is 435 g/mol. The highest BCUT2D eigenvalue weighted by molar-refractivity contribution is 6.01. The third-order valence-electron chi connectivity index (χ3n) is 5.42. The number of hydrogen-bond donors (Lipinski definition) is 2. The molecule has 0 saturated heterocycles. The number of carbonyl (C=O) groups is 2. The van der Waals surface area contributed by atoms with E-state index in [1.165, 1.54) is 25.2 Å². The van der Waals surface area contributed by atoms with E-state index >= 15 is 0 Å². The Hall–Kier alpha value is -2.94. The zero-order valence-electron chi connectivity index (χ0n) is 17.2. The molecule has 2 aromatic rings. The molecule has 1 heterocycles. The summed E-state index contributed by atoms with van der Waals surface area (Å²) in [6.45, 7) is -0.541. The van der Waals surface area contributed by atoms with Crippen LogP contribution in [0.2, 0.25) is 0 Å². The lowest BCUT2D eigenvalue weighted by atomic mass is 9.85. The van der Waals surface area contributed by atoms with E-state index in [9.17, 15) is 27.9 Å². The van der Waals surface area contributed by atoms with Gasteiger partial charge in [-0.3, -0.25) is 14.6 Å². The van der Waals surface area contributed by atoms with E-state index in [0.29, 0.717) is 17.3 Å². The number of hydrogen-bond acceptors (Lipinski definition) is 4. The van der Waals surface area contributed by atoms with Gasteiger partial charge in [0.2, 0.25) is 5.91 Å². The van der Waals surface area contributed by atoms with Gasteiger partial charge in [-0.15, -0.1) is 0 Å². The predicted molar refractivity (Wildman–Crippen MR) is 110 cm³/mol. The highest BCUT2D eigenvalue weighted by Gasteiger charge is 2.39. The van der Waals surface area contributed by atoms with Crippen LogP contribution in [-0.4, -0.2) is 59.7 Å². The second-order valence-electron chi connectivity index (χ2n) is 7.78. The highest BCUT2D eigenvalue weighted by Crippen LogP contribution is 2.40. The normalized spacial score (nSPS) is 17.7. The van der Waals surface area contributed by atoms with Crippen molar-refractivity contribution in [3.8, 4) is 0 Å². The summed E-state index contributed by atoms with van der Waals surface area (Å²) in [4.78, 5) is 30.2. The van der Waals surface area contributed by atoms with E-state index < -0.39 is 36.6 Å². The highest BCUT2D eigenvalue weighted by atomic mass is 19.4. The molecule has 166 valence electrons. The van der Waals surface area contributed by atoms with Crippen LogP contribution in [0.5, 0.6) is 0 Å². The van der Waals surface area contributed by atoms with Gasteiger partial charge in [-0.1, -0.05) is 24.3 Å². The third-order valence-corrected chi connectivity index (χ3v) is 5.42. The molecule has 1 aromatic carbocycles. The van der Waals surface area contributed by atoms with E-state index in [1.54, 1.807) is 24.3 Å². The van der Waals surface area contributed by atoms with E-state index in [1.807, 2.05) is 6.07 Å². The van der Waals surface area contributed by atoms with Crippen molar-refractivity contribution in [3.05, 3.63) is 47.7 Å². The van der Waals surface area contributed by atoms with Gasteiger partial charge in [-0.2, -0.15) is 13.2 Å². The molecular formula is C22H24F3N3O3. The number of rotatable bonds is 5. The SMILES string of the molecule is CN(C)C(=O)[C@H](CO)NC(=O)c1cnc2c(C3=CCC(C(F)(F)F)CC3)cccc2c1. The number of allylic oxidation sites excluding steroid dienone is 2. The number of nitrogens with zero attached hydrogens (tertiary/aromatic N) is 2. The van der Waals surface area contributed by atoms with Gasteiger partial charge < -0.3 is 15.3 Å². The molecule has 3 rings (SSSR count). The number of aromatic nitrogens is 1. The lowest BCUT2D eigenvalue weighted by Gasteiger charge is -2.24. The maximum absolute atomic E-state index is 12.9. The summed E-state index contributed by atoms with van der Waals surface area (Å²) in [6.07, 6.45) is -0.929. The summed E-state index contributed by atoms with van der Waals surface area (Å²) in [5.41, 5.74) is 2.37. The van der Waals surface area contributed by atoms with E-state index in [0.717, 1.165) is 11.1 Å². The number of carbonyl (C=O) groups excluding carboxylic acids is 2. The standard InChI is InChI=1S/C22H24F3N3O3/c1-28(2)21(31)18(12-29)27-20(30)15-10-14-4-3-5-17(19(14)26-11-15)13-6-8-16(9-7-13)22(23,24)25/h3-6,10-11,16,18,29H,7-9,12H2,1-2H3,(H,27,30)/t16?,18-/m0/s1. The van der Waals surface area contributed by atoms with Crippen LogP contribution >= 0.6 is 0 Å². The quantitative estimate of drug-likeness (QED) is 0.756. The van der Waals surface area contributed by atoms with Crippen LogP contribution in [0.3, 0.4) is 0 Å². The molecule has 0 bridgehead atoms. The largest absolute Gasteiger partial charge is 0.394 e. The number of alkyl halides is 3. The molecule has 31 heavy (non-hydrogen) atoms. The van der Waals surface area contributed by atoms with Gasteiger partial charge in [0, 0.05) is 31.2 Å². The predicted octanol–water partition coefficient (Wildman–Crippen LogP) is 3.16. The van der Waals surface area contributed by atoms with Gasteiger partial charge in [0.1, 0.15) is 6.04 Å². The first-order valence-corrected chi connectivity index (χ1v) is 9.89. The minimum atomic E-state index is -4.19. The Balaban J connectivity index is 1.84. The number of amides is 2. The zero-order valence-corrected chi connectivity index (χ0v) is 17.2. The van der Waals surface area contributed by atoms with Gasteiger partial charge >= 0.3 is 6.18 Å². The number of nitrogens with one attached hydrogen (secondary N) is 1. The third kappa shape index (κ3) is 5.04. The van der Waals surface area contributed by atoms with Gasteiger partial charge in [-0.25, -0.2) is 0 Å². The van der Waals surface area contributed by atoms with E-state index in [4.69, 9.17) is 0 Å². The fourth-order valence-corrected chi connectivity index (χ4v) is 3.66. The molecular weight excluding hydrogens is 411 g/mol. The van der Waals surface area contributed by atoms with Gasteiger partial charge in [0.25, 0.3) is 5.91 Å². The fraction of sp³-hybridized carbons (Fsp3) is 0.409. The number of halogens is 3. The zero-order chi connectivity index (χ0) is 22.8. The summed E-state index contributed by atoms with van der Waals surface area (Å²) >= 11 is 0. The molecule has 1 aliphatic rings. The topological polar surface area (TPSA) is 82.5 Å². The Morgan fingerprint density at radius 2 is 2.06 bits per heavy atom. The van der Waals surface area contributed by atoms with Crippen molar-refractivity contribution >= 4 is 28.3 Å². The van der Waals surface area contributed by atoms with Crippen molar-refractivity contribution < 1.29 is 27.9 Å². The van der Waals surface area contributed by atoms with Crippen LogP contribution in [-0.2, 0) is 4.79 Å². The maximum atomic E-state index is 12.9. The fourth-order valence-electron chi connectivity index (χ4n) is 3.66. The summed E-state index contributed by atoms with van der Waals surface area (Å²) < 4.78 is 38.8. The summed E-state index contributed by atoms with van der Waals surface area (Å²) in [5.74, 6) is -2.31. The minimum absolute atomic E-state index is 0.0364. The number of benzene rings is 1. The Morgan fingerprint density at radius 1 is 1.32 bits per heavy atom. The van der Waals surface area contributed by atoms with Gasteiger partial charge in [-0.05, 0) is 30.9 Å². The number of likely N-dealkylation sites (N-methyl/N-ethyl adjacent to an activating group) is 1. The van der Waals surface area contributed by atoms with Crippen molar-refractivity contribution in [1.29, 1.82) is 0 Å². The molecule has 0 saturated carbocycles. The lowest BCUT2D eigenvalue weighted by Crippen LogP contribution is -2.48. The van der Waals surface area contributed by atoms with E-state index in [2.05, 4.69) is 10.3 Å². The molecule has 2 N–H and O–H groups in total. The molecule has 6 nitrogen and oxygen atoms in total. The molecule has 2 amide bonds. The minimum Gasteiger partial charge on any atom is -0.394 e. The molecule has 0 fully saturated rings. The van der Waals surface area contributed by atoms with Crippen LogP contribution in [0.1, 0.15) is 35.2 Å².